The fraction of sp³-hybridized carbons (Fsp3) is 0. The van der Waals surface area contributed by atoms with Gasteiger partial charge in [0.25, 0.3) is 15.9 Å². The average Bonchev–Trinajstić information content (AvgIpc) is 3.20. The van der Waals surface area contributed by atoms with Gasteiger partial charge in [0, 0.05) is 28.0 Å². The van der Waals surface area contributed by atoms with Gasteiger partial charge in [-0.15, -0.1) is 11.3 Å². The SMILES string of the molecule is O=C(Nc1cccc2c(S(=O)(=O)Nc3nccs3)cccc12)c1ccccc1Cl. The van der Waals surface area contributed by atoms with E-state index in [0.717, 1.165) is 0 Å². The van der Waals surface area contributed by atoms with Gasteiger partial charge in [-0.3, -0.25) is 9.52 Å². The van der Waals surface area contributed by atoms with Crippen molar-refractivity contribution in [3.8, 4) is 0 Å². The molecule has 0 aliphatic heterocycles. The third-order valence-electron chi connectivity index (χ3n) is 4.19. The van der Waals surface area contributed by atoms with Crippen molar-refractivity contribution in [2.75, 3.05) is 10.0 Å². The third-order valence-corrected chi connectivity index (χ3v) is 6.74. The molecule has 2 N–H and O–H groups in total. The van der Waals surface area contributed by atoms with Gasteiger partial charge in [0.2, 0.25) is 0 Å². The Morgan fingerprint density at radius 3 is 2.48 bits per heavy atom. The van der Waals surface area contributed by atoms with Gasteiger partial charge in [0.05, 0.1) is 15.5 Å². The molecule has 29 heavy (non-hydrogen) atoms. The molecule has 146 valence electrons. The van der Waals surface area contributed by atoms with Crippen molar-refractivity contribution >= 4 is 60.5 Å². The highest BCUT2D eigenvalue weighted by Gasteiger charge is 2.20. The first-order valence-corrected chi connectivity index (χ1v) is 11.2. The first kappa shape index (κ1) is 19.4. The number of amides is 1. The quantitative estimate of drug-likeness (QED) is 0.454. The van der Waals surface area contributed by atoms with E-state index in [1.807, 2.05) is 0 Å². The fourth-order valence-corrected chi connectivity index (χ4v) is 5.14. The molecule has 3 aromatic carbocycles. The van der Waals surface area contributed by atoms with Crippen LogP contribution in [0.3, 0.4) is 0 Å². The molecule has 0 atom stereocenters. The highest BCUT2D eigenvalue weighted by Crippen LogP contribution is 2.30. The lowest BCUT2D eigenvalue weighted by atomic mass is 10.1. The highest BCUT2D eigenvalue weighted by atomic mass is 35.5. The largest absolute Gasteiger partial charge is 0.321 e. The predicted octanol–water partition coefficient (Wildman–Crippen LogP) is 5.00. The van der Waals surface area contributed by atoms with E-state index in [4.69, 9.17) is 11.6 Å². The summed E-state index contributed by atoms with van der Waals surface area (Å²) in [4.78, 5) is 16.7. The van der Waals surface area contributed by atoms with E-state index in [0.29, 0.717) is 27.0 Å². The van der Waals surface area contributed by atoms with Crippen LogP contribution in [0.4, 0.5) is 10.8 Å². The first-order chi connectivity index (χ1) is 14.0. The molecule has 0 saturated carbocycles. The Balaban J connectivity index is 1.74. The smallest absolute Gasteiger partial charge is 0.264 e. The molecule has 4 rings (SSSR count). The van der Waals surface area contributed by atoms with Crippen LogP contribution in [0.5, 0.6) is 0 Å². The molecular weight excluding hydrogens is 430 g/mol. The average molecular weight is 444 g/mol. The van der Waals surface area contributed by atoms with E-state index in [1.165, 1.54) is 23.6 Å². The van der Waals surface area contributed by atoms with Gasteiger partial charge in [-0.05, 0) is 24.3 Å². The van der Waals surface area contributed by atoms with Gasteiger partial charge >= 0.3 is 0 Å². The van der Waals surface area contributed by atoms with Gasteiger partial charge in [-0.25, -0.2) is 13.4 Å². The minimum absolute atomic E-state index is 0.0963. The van der Waals surface area contributed by atoms with E-state index in [1.54, 1.807) is 60.0 Å². The third kappa shape index (κ3) is 3.95. The zero-order valence-electron chi connectivity index (χ0n) is 14.8. The number of carbonyl (C=O) groups excluding carboxylic acids is 1. The number of anilines is 2. The summed E-state index contributed by atoms with van der Waals surface area (Å²) in [5.41, 5.74) is 0.819. The van der Waals surface area contributed by atoms with Crippen molar-refractivity contribution < 1.29 is 13.2 Å². The number of benzene rings is 3. The molecule has 0 bridgehead atoms. The molecule has 4 aromatic rings. The van der Waals surface area contributed by atoms with Crippen LogP contribution in [-0.4, -0.2) is 19.3 Å². The number of hydrogen-bond donors (Lipinski definition) is 2. The van der Waals surface area contributed by atoms with Crippen LogP contribution >= 0.6 is 22.9 Å². The van der Waals surface area contributed by atoms with Crippen LogP contribution in [0.2, 0.25) is 5.02 Å². The molecule has 9 heteroatoms. The Bertz CT molecular complexity index is 1310. The van der Waals surface area contributed by atoms with Gasteiger partial charge < -0.3 is 5.32 Å². The Kier molecular flexibility index (Phi) is 5.23. The van der Waals surface area contributed by atoms with Crippen molar-refractivity contribution in [2.24, 2.45) is 0 Å². The lowest BCUT2D eigenvalue weighted by molar-refractivity contribution is 0.102. The Labute approximate surface area is 176 Å². The Hall–Kier alpha value is -2.94. The summed E-state index contributed by atoms with van der Waals surface area (Å²) in [7, 11) is -3.85. The molecule has 0 radical (unpaired) electrons. The van der Waals surface area contributed by atoms with Gasteiger partial charge in [-0.2, -0.15) is 0 Å². The lowest BCUT2D eigenvalue weighted by Gasteiger charge is -2.13. The lowest BCUT2D eigenvalue weighted by Crippen LogP contribution is -2.14. The topological polar surface area (TPSA) is 88.2 Å². The molecule has 0 fully saturated rings. The van der Waals surface area contributed by atoms with E-state index in [9.17, 15) is 13.2 Å². The zero-order valence-corrected chi connectivity index (χ0v) is 17.2. The first-order valence-electron chi connectivity index (χ1n) is 8.46. The number of fused-ring (bicyclic) bond motifs is 1. The summed E-state index contributed by atoms with van der Waals surface area (Å²) in [5, 5.41) is 6.19. The van der Waals surface area contributed by atoms with Crippen molar-refractivity contribution in [1.29, 1.82) is 0 Å². The number of hydrogen-bond acceptors (Lipinski definition) is 5. The summed E-state index contributed by atoms with van der Waals surface area (Å²) in [6, 6.07) is 16.7. The summed E-state index contributed by atoms with van der Waals surface area (Å²) in [5.74, 6) is -0.378. The van der Waals surface area contributed by atoms with Crippen molar-refractivity contribution in [3.05, 3.63) is 82.8 Å². The summed E-state index contributed by atoms with van der Waals surface area (Å²) in [6.45, 7) is 0. The van der Waals surface area contributed by atoms with Crippen molar-refractivity contribution in [3.63, 3.8) is 0 Å². The van der Waals surface area contributed by atoms with Gasteiger partial charge in [-0.1, -0.05) is 48.0 Å². The molecule has 0 aliphatic carbocycles. The second-order valence-corrected chi connectivity index (χ2v) is 8.99. The van der Waals surface area contributed by atoms with E-state index >= 15 is 0 Å². The molecule has 0 unspecified atom stereocenters. The standard InChI is InChI=1S/C20H14ClN3O3S2/c21-16-8-2-1-5-15(16)19(25)23-17-9-3-7-14-13(17)6-4-10-18(14)29(26,27)24-20-22-11-12-28-20/h1-12H,(H,22,24)(H,23,25). The number of rotatable bonds is 5. The summed E-state index contributed by atoms with van der Waals surface area (Å²) >= 11 is 7.29. The number of halogens is 1. The van der Waals surface area contributed by atoms with Crippen LogP contribution < -0.4 is 10.0 Å². The molecule has 0 saturated heterocycles. The molecule has 0 aliphatic rings. The van der Waals surface area contributed by atoms with E-state index in [-0.39, 0.29) is 15.9 Å². The predicted molar refractivity (Wildman–Crippen MR) is 116 cm³/mol. The maximum Gasteiger partial charge on any atom is 0.264 e. The van der Waals surface area contributed by atoms with E-state index < -0.39 is 10.0 Å². The Morgan fingerprint density at radius 2 is 1.72 bits per heavy atom. The zero-order chi connectivity index (χ0) is 20.4. The minimum Gasteiger partial charge on any atom is -0.321 e. The number of aromatic nitrogens is 1. The molecule has 6 nitrogen and oxygen atoms in total. The second-order valence-electron chi connectivity index (χ2n) is 6.03. The van der Waals surface area contributed by atoms with Crippen LogP contribution in [0.15, 0.2) is 77.1 Å². The number of thiazole rings is 1. The summed E-state index contributed by atoms with van der Waals surface area (Å²) in [6.07, 6.45) is 1.52. The van der Waals surface area contributed by atoms with Crippen LogP contribution in [0.1, 0.15) is 10.4 Å². The summed E-state index contributed by atoms with van der Waals surface area (Å²) < 4.78 is 28.2. The minimum atomic E-state index is -3.85. The molecule has 1 amide bonds. The highest BCUT2D eigenvalue weighted by molar-refractivity contribution is 7.93. The van der Waals surface area contributed by atoms with Gasteiger partial charge in [0.15, 0.2) is 5.13 Å². The van der Waals surface area contributed by atoms with Crippen LogP contribution in [-0.2, 0) is 10.0 Å². The number of nitrogens with one attached hydrogen (secondary N) is 2. The number of carbonyl (C=O) groups is 1. The Morgan fingerprint density at radius 1 is 0.966 bits per heavy atom. The monoisotopic (exact) mass is 443 g/mol. The van der Waals surface area contributed by atoms with Crippen LogP contribution in [0, 0.1) is 0 Å². The second kappa shape index (κ2) is 7.82. The number of sulfonamides is 1. The van der Waals surface area contributed by atoms with Gasteiger partial charge in [0.1, 0.15) is 0 Å². The number of nitrogens with zero attached hydrogens (tertiary/aromatic N) is 1. The molecule has 1 heterocycles. The normalized spacial score (nSPS) is 11.3. The van der Waals surface area contributed by atoms with E-state index in [2.05, 4.69) is 15.0 Å². The maximum absolute atomic E-state index is 12.9. The molecule has 0 spiro atoms. The molecule has 1 aromatic heterocycles. The van der Waals surface area contributed by atoms with Crippen LogP contribution in [0.25, 0.3) is 10.8 Å². The molecular formula is C20H14ClN3O3S2. The van der Waals surface area contributed by atoms with Crippen molar-refractivity contribution in [2.45, 2.75) is 4.90 Å². The van der Waals surface area contributed by atoms with Crippen molar-refractivity contribution in [1.82, 2.24) is 4.98 Å². The fourth-order valence-electron chi connectivity index (χ4n) is 2.90. The maximum atomic E-state index is 12.9.